The van der Waals surface area contributed by atoms with Gasteiger partial charge in [0.15, 0.2) is 0 Å². The first-order chi connectivity index (χ1) is 25.4. The largest absolute Gasteiger partial charge is 0.375 e. The molecule has 10 rings (SSSR count). The third-order valence-electron chi connectivity index (χ3n) is 11.3. The fraction of sp³-hybridized carbons (Fsp3) is 0.102. The predicted octanol–water partition coefficient (Wildman–Crippen LogP) is 11.7. The summed E-state index contributed by atoms with van der Waals surface area (Å²) < 4.78 is 2.72. The lowest BCUT2D eigenvalue weighted by molar-refractivity contribution is 0.591. The molecule has 0 N–H and O–H groups in total. The molecule has 2 aliphatic rings. The van der Waals surface area contributed by atoms with Crippen LogP contribution in [0.5, 0.6) is 0 Å². The van der Waals surface area contributed by atoms with Gasteiger partial charge < -0.3 is 9.38 Å². The van der Waals surface area contributed by atoms with Crippen molar-refractivity contribution in [3.8, 4) is 44.6 Å². The number of fused-ring (bicyclic) bond motifs is 4. The van der Waals surface area contributed by atoms with Crippen molar-refractivity contribution in [2.75, 3.05) is 4.90 Å². The van der Waals surface area contributed by atoms with Crippen LogP contribution >= 0.6 is 0 Å². The molecule has 0 unspecified atom stereocenters. The highest BCUT2D eigenvalue weighted by Gasteiger charge is 2.44. The van der Waals surface area contributed by atoms with E-state index in [4.69, 9.17) is 0 Å². The first-order valence-electron chi connectivity index (χ1n) is 18.4. The second kappa shape index (κ2) is 11.5. The highest BCUT2D eigenvalue weighted by atomic mass is 15.2. The Balaban J connectivity index is 1.34. The van der Waals surface area contributed by atoms with Crippen LogP contribution in [0.25, 0.3) is 55.5 Å². The number of hydrogen-bond acceptors (Lipinski definition) is 1. The van der Waals surface area contributed by atoms with Crippen molar-refractivity contribution in [1.29, 1.82) is 0 Å². The molecular weight excluding hydrogens is 627 g/mol. The van der Waals surface area contributed by atoms with Crippen molar-refractivity contribution in [2.24, 2.45) is 0 Å². The minimum Gasteiger partial charge on any atom is -0.375 e. The molecule has 3 heteroatoms. The van der Waals surface area contributed by atoms with Gasteiger partial charge in [0.25, 0.3) is 0 Å². The Labute approximate surface area is 306 Å². The van der Waals surface area contributed by atoms with Crippen molar-refractivity contribution in [3.63, 3.8) is 0 Å². The van der Waals surface area contributed by atoms with Gasteiger partial charge in [0.05, 0.1) is 0 Å². The van der Waals surface area contributed by atoms with Gasteiger partial charge in [0, 0.05) is 50.3 Å². The van der Waals surface area contributed by atoms with Crippen LogP contribution in [0.3, 0.4) is 0 Å². The van der Waals surface area contributed by atoms with Crippen LogP contribution in [0.1, 0.15) is 31.9 Å². The normalized spacial score (nSPS) is 12.9. The Bertz CT molecular complexity index is 2660. The van der Waals surface area contributed by atoms with E-state index in [0.717, 1.165) is 0 Å². The highest BCUT2D eigenvalue weighted by Crippen LogP contribution is 2.49. The summed E-state index contributed by atoms with van der Waals surface area (Å²) in [6.07, 6.45) is 0. The molecule has 0 saturated carbocycles. The molecule has 0 bridgehead atoms. The van der Waals surface area contributed by atoms with Gasteiger partial charge in [0.1, 0.15) is 0 Å². The van der Waals surface area contributed by atoms with Crippen molar-refractivity contribution >= 4 is 45.7 Å². The molecule has 0 fully saturated rings. The van der Waals surface area contributed by atoms with E-state index in [1.807, 2.05) is 0 Å². The van der Waals surface area contributed by atoms with E-state index in [2.05, 4.69) is 201 Å². The molecule has 3 heterocycles. The van der Waals surface area contributed by atoms with Crippen LogP contribution in [0, 0.1) is 6.92 Å². The van der Waals surface area contributed by atoms with Gasteiger partial charge in [0.2, 0.25) is 0 Å². The summed E-state index contributed by atoms with van der Waals surface area (Å²) in [6.45, 7) is 9.21. The van der Waals surface area contributed by atoms with Gasteiger partial charge in [-0.1, -0.05) is 160 Å². The monoisotopic (exact) mass is 666 g/mol. The molecule has 1 aromatic heterocycles. The minimum absolute atomic E-state index is 0.00447. The van der Waals surface area contributed by atoms with Gasteiger partial charge in [-0.15, -0.1) is 0 Å². The zero-order valence-corrected chi connectivity index (χ0v) is 30.1. The molecule has 0 amide bonds. The maximum Gasteiger partial charge on any atom is 0.333 e. The Kier molecular flexibility index (Phi) is 6.79. The zero-order valence-electron chi connectivity index (χ0n) is 30.1. The fourth-order valence-electron chi connectivity index (χ4n) is 8.82. The quantitative estimate of drug-likeness (QED) is 0.170. The Hall–Kier alpha value is -6.06. The number of nitrogens with zero attached hydrogens (tertiary/aromatic N) is 2. The highest BCUT2D eigenvalue weighted by molar-refractivity contribution is 6.89. The average Bonchev–Trinajstić information content (AvgIpc) is 3.52. The summed E-state index contributed by atoms with van der Waals surface area (Å²) in [7, 11) is 0. The molecule has 0 aliphatic carbocycles. The third-order valence-corrected chi connectivity index (χ3v) is 11.3. The topological polar surface area (TPSA) is 8.17 Å². The summed E-state index contributed by atoms with van der Waals surface area (Å²) in [4.78, 5) is 2.49. The fourth-order valence-corrected chi connectivity index (χ4v) is 8.82. The first-order valence-corrected chi connectivity index (χ1v) is 18.4. The molecular formula is C49H39BN2. The Morgan fingerprint density at radius 1 is 0.519 bits per heavy atom. The van der Waals surface area contributed by atoms with E-state index in [1.165, 1.54) is 94.7 Å². The lowest BCUT2D eigenvalue weighted by atomic mass is 9.44. The van der Waals surface area contributed by atoms with Crippen molar-refractivity contribution in [2.45, 2.75) is 33.1 Å². The summed E-state index contributed by atoms with van der Waals surface area (Å²) in [6, 6.07) is 60.8. The average molecular weight is 667 g/mol. The Morgan fingerprint density at radius 2 is 1.15 bits per heavy atom. The molecule has 2 aliphatic heterocycles. The standard InChI is InChI=1S/C49H39BN2/c1-32-15-11-12-20-38(32)48-45(35-27-25-34(26-28-35)33-16-7-5-8-17-33)41-23-13-22-40-39-21-14-24-44-46(39)50(52(48)47(40)41)42-31-36(49(2,3)4)29-30-43(42)51(44)37-18-9-6-10-19-37/h5-31H,1-4H3. The molecule has 248 valence electrons. The summed E-state index contributed by atoms with van der Waals surface area (Å²) >= 11 is 0. The Morgan fingerprint density at radius 3 is 1.90 bits per heavy atom. The molecule has 52 heavy (non-hydrogen) atoms. The number of benzene rings is 7. The smallest absolute Gasteiger partial charge is 0.333 e. The molecule has 8 aromatic rings. The number of aryl methyl sites for hydroxylation is 1. The van der Waals surface area contributed by atoms with Crippen LogP contribution in [0.15, 0.2) is 164 Å². The molecule has 0 saturated heterocycles. The van der Waals surface area contributed by atoms with Gasteiger partial charge in [-0.3, -0.25) is 0 Å². The van der Waals surface area contributed by atoms with Crippen molar-refractivity contribution < 1.29 is 0 Å². The first kappa shape index (κ1) is 30.7. The van der Waals surface area contributed by atoms with Crippen LogP contribution in [-0.2, 0) is 5.41 Å². The van der Waals surface area contributed by atoms with E-state index >= 15 is 0 Å². The third kappa shape index (κ3) is 4.52. The van der Waals surface area contributed by atoms with E-state index in [1.54, 1.807) is 0 Å². The van der Waals surface area contributed by atoms with Gasteiger partial charge in [-0.25, -0.2) is 0 Å². The van der Waals surface area contributed by atoms with Crippen LogP contribution in [0.2, 0.25) is 0 Å². The van der Waals surface area contributed by atoms with Crippen LogP contribution in [-0.4, -0.2) is 11.3 Å². The summed E-state index contributed by atoms with van der Waals surface area (Å²) in [5.41, 5.74) is 20.4. The van der Waals surface area contributed by atoms with Crippen molar-refractivity contribution in [3.05, 3.63) is 175 Å². The minimum atomic E-state index is -0.0205. The van der Waals surface area contributed by atoms with Crippen molar-refractivity contribution in [1.82, 2.24) is 4.48 Å². The molecule has 0 radical (unpaired) electrons. The number of para-hydroxylation sites is 2. The molecule has 2 nitrogen and oxygen atoms in total. The molecule has 0 spiro atoms. The summed E-state index contributed by atoms with van der Waals surface area (Å²) in [5, 5.41) is 1.29. The number of hydrogen-bond donors (Lipinski definition) is 0. The van der Waals surface area contributed by atoms with Gasteiger partial charge in [-0.05, 0) is 80.9 Å². The van der Waals surface area contributed by atoms with E-state index in [-0.39, 0.29) is 12.3 Å². The van der Waals surface area contributed by atoms with Gasteiger partial charge in [-0.2, -0.15) is 0 Å². The number of rotatable bonds is 4. The van der Waals surface area contributed by atoms with Crippen LogP contribution < -0.4 is 15.8 Å². The second-order valence-electron chi connectivity index (χ2n) is 15.4. The van der Waals surface area contributed by atoms with Gasteiger partial charge >= 0.3 is 6.85 Å². The van der Waals surface area contributed by atoms with E-state index in [0.29, 0.717) is 0 Å². The lowest BCUT2D eigenvalue weighted by Gasteiger charge is -2.41. The predicted molar refractivity (Wildman–Crippen MR) is 222 cm³/mol. The zero-order chi connectivity index (χ0) is 35.1. The van der Waals surface area contributed by atoms with E-state index < -0.39 is 0 Å². The molecule has 0 atom stereocenters. The SMILES string of the molecule is Cc1ccccc1-c1c(-c2ccc(-c3ccccc3)cc2)c2cccc3c2n1B1c2cc(C(C)(C)C)ccc2N(c2ccccc2)c2cccc-3c21. The second-order valence-corrected chi connectivity index (χ2v) is 15.4. The number of aromatic nitrogens is 1. The number of anilines is 3. The lowest BCUT2D eigenvalue weighted by Crippen LogP contribution is -2.57. The molecule has 7 aromatic carbocycles. The maximum absolute atomic E-state index is 2.72. The maximum atomic E-state index is 2.72. The van der Waals surface area contributed by atoms with E-state index in [9.17, 15) is 0 Å². The van der Waals surface area contributed by atoms with Crippen LogP contribution in [0.4, 0.5) is 17.1 Å². The summed E-state index contributed by atoms with van der Waals surface area (Å²) in [5.74, 6) is 0.